The van der Waals surface area contributed by atoms with Gasteiger partial charge in [0, 0.05) is 23.7 Å². The van der Waals surface area contributed by atoms with Gasteiger partial charge in [0.2, 0.25) is 11.8 Å². The Bertz CT molecular complexity index is 1280. The van der Waals surface area contributed by atoms with E-state index in [1.807, 2.05) is 17.9 Å². The van der Waals surface area contributed by atoms with Crippen molar-refractivity contribution in [2.75, 3.05) is 16.8 Å². The molecule has 168 valence electrons. The summed E-state index contributed by atoms with van der Waals surface area (Å²) in [6.07, 6.45) is 1.52. The molecule has 9 nitrogen and oxygen atoms in total. The molecule has 3 fully saturated rings. The molecule has 4 aliphatic rings. The molecule has 33 heavy (non-hydrogen) atoms. The van der Waals surface area contributed by atoms with E-state index < -0.39 is 28.2 Å². The molecule has 4 heterocycles. The lowest BCUT2D eigenvalue weighted by atomic mass is 9.75. The van der Waals surface area contributed by atoms with Crippen LogP contribution in [0.15, 0.2) is 36.4 Å². The maximum Gasteiger partial charge on any atom is 0.269 e. The monoisotopic (exact) mass is 466 g/mol. The number of carbonyl (C=O) groups is 3. The van der Waals surface area contributed by atoms with Crippen LogP contribution in [-0.2, 0) is 19.9 Å². The number of nitro benzene ring substituents is 1. The zero-order valence-electron chi connectivity index (χ0n) is 17.6. The van der Waals surface area contributed by atoms with Crippen molar-refractivity contribution >= 4 is 46.4 Å². The fraction of sp³-hybridized carbons (Fsp3) is 0.348. The van der Waals surface area contributed by atoms with E-state index in [0.717, 1.165) is 16.9 Å². The molecule has 2 aromatic carbocycles. The van der Waals surface area contributed by atoms with Gasteiger partial charge in [-0.3, -0.25) is 29.4 Å². The van der Waals surface area contributed by atoms with Crippen molar-refractivity contribution in [1.29, 1.82) is 0 Å². The van der Waals surface area contributed by atoms with E-state index in [0.29, 0.717) is 29.2 Å². The number of imide groups is 1. The van der Waals surface area contributed by atoms with Gasteiger partial charge in [-0.05, 0) is 50.1 Å². The Labute approximate surface area is 193 Å². The summed E-state index contributed by atoms with van der Waals surface area (Å²) in [7, 11) is 0. The van der Waals surface area contributed by atoms with Crippen LogP contribution in [0, 0.1) is 28.9 Å². The van der Waals surface area contributed by atoms with Crippen molar-refractivity contribution in [3.63, 3.8) is 0 Å². The predicted molar refractivity (Wildman–Crippen MR) is 119 cm³/mol. The molecule has 3 amide bonds. The molecule has 0 aliphatic carbocycles. The summed E-state index contributed by atoms with van der Waals surface area (Å²) >= 11 is 6.47. The minimum atomic E-state index is -1.31. The highest BCUT2D eigenvalue weighted by Gasteiger charge is 2.74. The van der Waals surface area contributed by atoms with Crippen molar-refractivity contribution in [2.24, 2.45) is 11.8 Å². The van der Waals surface area contributed by atoms with E-state index in [2.05, 4.69) is 5.32 Å². The van der Waals surface area contributed by atoms with Crippen LogP contribution in [0.4, 0.5) is 17.1 Å². The van der Waals surface area contributed by atoms with Crippen molar-refractivity contribution < 1.29 is 19.3 Å². The van der Waals surface area contributed by atoms with E-state index in [1.165, 1.54) is 24.3 Å². The van der Waals surface area contributed by atoms with Crippen LogP contribution in [0.25, 0.3) is 0 Å². The molecule has 0 saturated carbocycles. The van der Waals surface area contributed by atoms with Gasteiger partial charge < -0.3 is 5.32 Å². The summed E-state index contributed by atoms with van der Waals surface area (Å²) < 4.78 is 0. The van der Waals surface area contributed by atoms with E-state index >= 15 is 0 Å². The number of anilines is 2. The van der Waals surface area contributed by atoms with Crippen LogP contribution in [0.5, 0.6) is 0 Å². The number of aryl methyl sites for hydroxylation is 1. The maximum atomic E-state index is 13.9. The van der Waals surface area contributed by atoms with Gasteiger partial charge in [-0.15, -0.1) is 0 Å². The standard InChI is InChI=1S/C23H19ClN4O5/c1-11-9-14-19(15(24)10-11)25-22(31)23(14)18-17(16-3-2-8-26(16)23)20(29)27(21(18)30)12-4-6-13(7-5-12)28(32)33/h4-7,9-10,16-18H,2-3,8H2,1H3,(H,25,31)/t16-,17-,18-,23-/m1/s1. The molecule has 0 aromatic heterocycles. The number of halogens is 1. The van der Waals surface area contributed by atoms with Crippen LogP contribution in [-0.4, -0.2) is 40.1 Å². The second-order valence-electron chi connectivity index (χ2n) is 9.08. The zero-order valence-corrected chi connectivity index (χ0v) is 18.3. The van der Waals surface area contributed by atoms with Gasteiger partial charge in [0.1, 0.15) is 5.54 Å². The Balaban J connectivity index is 1.53. The SMILES string of the molecule is Cc1cc(Cl)c2c(c1)[C@]1(C(=O)N2)[C@H]2C(=O)N(c3ccc([N+](=O)[O-])cc3)C(=O)[C@@H]2[C@H]2CCCN21. The molecular weight excluding hydrogens is 448 g/mol. The molecule has 10 heteroatoms. The predicted octanol–water partition coefficient (Wildman–Crippen LogP) is 2.99. The molecule has 3 saturated heterocycles. The average molecular weight is 467 g/mol. The van der Waals surface area contributed by atoms with Gasteiger partial charge in [0.15, 0.2) is 0 Å². The lowest BCUT2D eigenvalue weighted by Crippen LogP contribution is -2.54. The van der Waals surface area contributed by atoms with Gasteiger partial charge in [-0.25, -0.2) is 4.90 Å². The molecule has 6 rings (SSSR count). The Hall–Kier alpha value is -3.30. The number of benzene rings is 2. The summed E-state index contributed by atoms with van der Waals surface area (Å²) in [4.78, 5) is 54.8. The third-order valence-corrected chi connectivity index (χ3v) is 7.81. The zero-order chi connectivity index (χ0) is 23.2. The molecule has 4 aliphatic heterocycles. The summed E-state index contributed by atoms with van der Waals surface area (Å²) in [6.45, 7) is 2.48. The van der Waals surface area contributed by atoms with Gasteiger partial charge >= 0.3 is 0 Å². The second kappa shape index (κ2) is 6.61. The molecule has 1 spiro atoms. The van der Waals surface area contributed by atoms with E-state index in [1.54, 1.807) is 6.07 Å². The van der Waals surface area contributed by atoms with Gasteiger partial charge in [-0.2, -0.15) is 0 Å². The van der Waals surface area contributed by atoms with E-state index in [4.69, 9.17) is 11.6 Å². The van der Waals surface area contributed by atoms with Crippen LogP contribution in [0.2, 0.25) is 5.02 Å². The van der Waals surface area contributed by atoms with E-state index in [9.17, 15) is 24.5 Å². The van der Waals surface area contributed by atoms with Crippen LogP contribution in [0.1, 0.15) is 24.0 Å². The van der Waals surface area contributed by atoms with Gasteiger partial charge in [0.25, 0.3) is 11.6 Å². The number of hydrogen-bond acceptors (Lipinski definition) is 6. The fourth-order valence-electron chi connectivity index (χ4n) is 6.37. The molecule has 0 radical (unpaired) electrons. The lowest BCUT2D eigenvalue weighted by molar-refractivity contribution is -0.384. The molecular formula is C23H19ClN4O5. The highest BCUT2D eigenvalue weighted by molar-refractivity contribution is 6.35. The second-order valence-corrected chi connectivity index (χ2v) is 9.49. The minimum absolute atomic E-state index is 0.134. The average Bonchev–Trinajstić information content (AvgIpc) is 3.47. The Kier molecular flexibility index (Phi) is 4.07. The number of carbonyl (C=O) groups excluding carboxylic acids is 3. The molecule has 2 aromatic rings. The van der Waals surface area contributed by atoms with E-state index in [-0.39, 0.29) is 29.2 Å². The third kappa shape index (κ3) is 2.38. The molecule has 0 bridgehead atoms. The van der Waals surface area contributed by atoms with Gasteiger partial charge in [-0.1, -0.05) is 17.7 Å². The Morgan fingerprint density at radius 3 is 2.58 bits per heavy atom. The number of fused-ring (bicyclic) bond motifs is 7. The highest BCUT2D eigenvalue weighted by Crippen LogP contribution is 2.61. The summed E-state index contributed by atoms with van der Waals surface area (Å²) in [5.74, 6) is -2.74. The number of nitrogens with one attached hydrogen (secondary N) is 1. The number of nitrogens with zero attached hydrogens (tertiary/aromatic N) is 3. The van der Waals surface area contributed by atoms with Crippen molar-refractivity contribution in [1.82, 2.24) is 4.90 Å². The number of rotatable bonds is 2. The topological polar surface area (TPSA) is 113 Å². The van der Waals surface area contributed by atoms with Crippen LogP contribution >= 0.6 is 11.6 Å². The first kappa shape index (κ1) is 20.3. The number of nitro groups is 1. The molecule has 0 unspecified atom stereocenters. The Morgan fingerprint density at radius 2 is 1.88 bits per heavy atom. The van der Waals surface area contributed by atoms with Crippen LogP contribution < -0.4 is 10.2 Å². The number of non-ortho nitro benzene ring substituents is 1. The van der Waals surface area contributed by atoms with Crippen molar-refractivity contribution in [3.8, 4) is 0 Å². The number of hydrogen-bond donors (Lipinski definition) is 1. The molecule has 1 N–H and O–H groups in total. The lowest BCUT2D eigenvalue weighted by Gasteiger charge is -2.36. The smallest absolute Gasteiger partial charge is 0.269 e. The Morgan fingerprint density at radius 1 is 1.15 bits per heavy atom. The van der Waals surface area contributed by atoms with Gasteiger partial charge in [0.05, 0.1) is 33.2 Å². The largest absolute Gasteiger partial charge is 0.323 e. The summed E-state index contributed by atoms with van der Waals surface area (Å²) in [5.41, 5.74) is 0.823. The summed E-state index contributed by atoms with van der Waals surface area (Å²) in [5, 5.41) is 14.3. The first-order valence-corrected chi connectivity index (χ1v) is 11.2. The third-order valence-electron chi connectivity index (χ3n) is 7.52. The quantitative estimate of drug-likeness (QED) is 0.413. The normalized spacial score (nSPS) is 30.1. The van der Waals surface area contributed by atoms with Crippen LogP contribution in [0.3, 0.4) is 0 Å². The fourth-order valence-corrected chi connectivity index (χ4v) is 6.69. The van der Waals surface area contributed by atoms with Crippen molar-refractivity contribution in [3.05, 3.63) is 62.7 Å². The number of amides is 3. The summed E-state index contributed by atoms with van der Waals surface area (Å²) in [6, 6.07) is 8.73. The minimum Gasteiger partial charge on any atom is -0.323 e. The van der Waals surface area contributed by atoms with Crippen molar-refractivity contribution in [2.45, 2.75) is 31.3 Å². The first-order valence-electron chi connectivity index (χ1n) is 10.8. The first-order chi connectivity index (χ1) is 15.8. The highest BCUT2D eigenvalue weighted by atomic mass is 35.5. The maximum absolute atomic E-state index is 13.9. The molecule has 4 atom stereocenters.